The molecular weight excluding hydrogens is 446 g/mol. The molecule has 174 valence electrons. The molecule has 0 saturated carbocycles. The summed E-state index contributed by atoms with van der Waals surface area (Å²) in [6.07, 6.45) is 2.11. The number of nitrogens with zero attached hydrogens (tertiary/aromatic N) is 2. The zero-order valence-electron chi connectivity index (χ0n) is 18.0. The normalized spacial score (nSPS) is 16.2. The van der Waals surface area contributed by atoms with Gasteiger partial charge in [-0.05, 0) is 42.5 Å². The summed E-state index contributed by atoms with van der Waals surface area (Å²) in [7, 11) is 0. The van der Waals surface area contributed by atoms with Crippen molar-refractivity contribution in [1.82, 2.24) is 9.80 Å². The second-order valence-corrected chi connectivity index (χ2v) is 8.22. The summed E-state index contributed by atoms with van der Waals surface area (Å²) in [6, 6.07) is 11.0. The van der Waals surface area contributed by atoms with E-state index >= 15 is 0 Å². The monoisotopic (exact) mass is 466 g/mol. The van der Waals surface area contributed by atoms with Gasteiger partial charge >= 0.3 is 0 Å². The minimum Gasteiger partial charge on any atom is -0.487 e. The van der Waals surface area contributed by atoms with Gasteiger partial charge in [-0.25, -0.2) is 8.78 Å². The molecule has 1 aromatic heterocycles. The number of amides is 3. The fourth-order valence-electron chi connectivity index (χ4n) is 4.24. The molecule has 0 spiro atoms. The standard InChI is InChI=1S/C25H20F2N2O5/c26-16-4-6-22(21(27)13-16)34-17-7-9-28(10-8-17)23(30)15-3-5-19-20(12-15)25(32)29(24(19)31)14-18-2-1-11-33-18/h1-6,11-13,17H,7-10,14H2. The first-order valence-electron chi connectivity index (χ1n) is 10.8. The van der Waals surface area contributed by atoms with E-state index in [0.29, 0.717) is 37.3 Å². The predicted molar refractivity (Wildman–Crippen MR) is 115 cm³/mol. The number of fused-ring (bicyclic) bond motifs is 1. The Morgan fingerprint density at radius 2 is 1.76 bits per heavy atom. The quantitative estimate of drug-likeness (QED) is 0.531. The van der Waals surface area contributed by atoms with Crippen molar-refractivity contribution in [3.8, 4) is 5.75 Å². The van der Waals surface area contributed by atoms with E-state index in [4.69, 9.17) is 9.15 Å². The molecular formula is C25H20F2N2O5. The van der Waals surface area contributed by atoms with Crippen LogP contribution in [0.15, 0.2) is 59.2 Å². The molecule has 2 aliphatic heterocycles. The van der Waals surface area contributed by atoms with Gasteiger partial charge in [-0.15, -0.1) is 0 Å². The van der Waals surface area contributed by atoms with E-state index in [9.17, 15) is 23.2 Å². The number of carbonyl (C=O) groups is 3. The van der Waals surface area contributed by atoms with Crippen LogP contribution in [0.4, 0.5) is 8.78 Å². The molecule has 9 heteroatoms. The van der Waals surface area contributed by atoms with Gasteiger partial charge in [-0.1, -0.05) is 0 Å². The molecule has 0 atom stereocenters. The number of furan rings is 1. The number of likely N-dealkylation sites (tertiary alicyclic amines) is 1. The number of piperidine rings is 1. The van der Waals surface area contributed by atoms with Crippen molar-refractivity contribution in [2.75, 3.05) is 13.1 Å². The number of halogens is 2. The molecule has 2 aromatic carbocycles. The number of imide groups is 1. The molecule has 5 rings (SSSR count). The highest BCUT2D eigenvalue weighted by Gasteiger charge is 2.37. The Hall–Kier alpha value is -4.01. The molecule has 3 aromatic rings. The average Bonchev–Trinajstić information content (AvgIpc) is 3.44. The van der Waals surface area contributed by atoms with Gasteiger partial charge in [0.15, 0.2) is 11.6 Å². The van der Waals surface area contributed by atoms with E-state index in [-0.39, 0.29) is 35.4 Å². The highest BCUT2D eigenvalue weighted by molar-refractivity contribution is 6.22. The highest BCUT2D eigenvalue weighted by atomic mass is 19.1. The van der Waals surface area contributed by atoms with Gasteiger partial charge < -0.3 is 14.1 Å². The van der Waals surface area contributed by atoms with Gasteiger partial charge in [0.05, 0.1) is 23.9 Å². The second kappa shape index (κ2) is 8.74. The largest absolute Gasteiger partial charge is 0.487 e. The molecule has 2 aliphatic rings. The van der Waals surface area contributed by atoms with Crippen LogP contribution in [0.25, 0.3) is 0 Å². The Kier molecular flexibility index (Phi) is 5.61. The van der Waals surface area contributed by atoms with E-state index in [0.717, 1.165) is 17.0 Å². The lowest BCUT2D eigenvalue weighted by Gasteiger charge is -2.32. The second-order valence-electron chi connectivity index (χ2n) is 8.22. The number of ether oxygens (including phenoxy) is 1. The Bertz CT molecular complexity index is 1270. The molecule has 1 fully saturated rings. The smallest absolute Gasteiger partial charge is 0.261 e. The fourth-order valence-corrected chi connectivity index (χ4v) is 4.24. The molecule has 0 bridgehead atoms. The van der Waals surface area contributed by atoms with Crippen LogP contribution in [0.1, 0.15) is 49.7 Å². The molecule has 3 amide bonds. The third kappa shape index (κ3) is 4.05. The first kappa shape index (κ1) is 21.8. The highest BCUT2D eigenvalue weighted by Crippen LogP contribution is 2.27. The molecule has 0 N–H and O–H groups in total. The van der Waals surface area contributed by atoms with Gasteiger partial charge in [0.1, 0.15) is 17.7 Å². The number of benzene rings is 2. The molecule has 0 aliphatic carbocycles. The molecule has 0 radical (unpaired) electrons. The van der Waals surface area contributed by atoms with Gasteiger partial charge in [0.2, 0.25) is 0 Å². The van der Waals surface area contributed by atoms with Crippen molar-refractivity contribution in [2.24, 2.45) is 0 Å². The predicted octanol–water partition coefficient (Wildman–Crippen LogP) is 4.04. The van der Waals surface area contributed by atoms with E-state index in [1.165, 1.54) is 24.5 Å². The third-order valence-electron chi connectivity index (χ3n) is 6.03. The van der Waals surface area contributed by atoms with Gasteiger partial charge in [-0.3, -0.25) is 19.3 Å². The van der Waals surface area contributed by atoms with Crippen molar-refractivity contribution in [3.63, 3.8) is 0 Å². The number of carbonyl (C=O) groups excluding carboxylic acids is 3. The minimum absolute atomic E-state index is 0.0186. The first-order valence-corrected chi connectivity index (χ1v) is 10.8. The summed E-state index contributed by atoms with van der Waals surface area (Å²) in [5, 5.41) is 0. The lowest BCUT2D eigenvalue weighted by atomic mass is 10.0. The van der Waals surface area contributed by atoms with Crippen molar-refractivity contribution in [2.45, 2.75) is 25.5 Å². The van der Waals surface area contributed by atoms with E-state index in [1.54, 1.807) is 23.1 Å². The van der Waals surface area contributed by atoms with Crippen molar-refractivity contribution in [3.05, 3.63) is 88.9 Å². The van der Waals surface area contributed by atoms with E-state index < -0.39 is 23.4 Å². The summed E-state index contributed by atoms with van der Waals surface area (Å²) in [4.78, 5) is 41.2. The number of hydrogen-bond donors (Lipinski definition) is 0. The summed E-state index contributed by atoms with van der Waals surface area (Å²) in [6.45, 7) is 0.770. The third-order valence-corrected chi connectivity index (χ3v) is 6.03. The summed E-state index contributed by atoms with van der Waals surface area (Å²) >= 11 is 0. The van der Waals surface area contributed by atoms with Crippen LogP contribution in [0, 0.1) is 11.6 Å². The van der Waals surface area contributed by atoms with E-state index in [2.05, 4.69) is 0 Å². The van der Waals surface area contributed by atoms with Gasteiger partial charge in [-0.2, -0.15) is 0 Å². The van der Waals surface area contributed by atoms with Crippen LogP contribution in [0.2, 0.25) is 0 Å². The number of hydrogen-bond acceptors (Lipinski definition) is 5. The van der Waals surface area contributed by atoms with Gasteiger partial charge in [0.25, 0.3) is 17.7 Å². The summed E-state index contributed by atoms with van der Waals surface area (Å²) in [5.74, 6) is -2.15. The molecule has 3 heterocycles. The van der Waals surface area contributed by atoms with Crippen LogP contribution in [0.5, 0.6) is 5.75 Å². The van der Waals surface area contributed by atoms with Crippen molar-refractivity contribution in [1.29, 1.82) is 0 Å². The maximum absolute atomic E-state index is 13.8. The minimum atomic E-state index is -0.767. The summed E-state index contributed by atoms with van der Waals surface area (Å²) in [5.41, 5.74) is 0.748. The Morgan fingerprint density at radius 1 is 1.00 bits per heavy atom. The Balaban J connectivity index is 1.24. The zero-order chi connectivity index (χ0) is 23.8. The van der Waals surface area contributed by atoms with E-state index in [1.807, 2.05) is 0 Å². The fraction of sp³-hybridized carbons (Fsp3) is 0.240. The lowest BCUT2D eigenvalue weighted by molar-refractivity contribution is 0.0587. The van der Waals surface area contributed by atoms with Crippen molar-refractivity contribution >= 4 is 17.7 Å². The molecule has 7 nitrogen and oxygen atoms in total. The lowest BCUT2D eigenvalue weighted by Crippen LogP contribution is -2.41. The van der Waals surface area contributed by atoms with Crippen LogP contribution < -0.4 is 4.74 Å². The molecule has 0 unspecified atom stereocenters. The SMILES string of the molecule is O=C(c1ccc2c(c1)C(=O)N(Cc1ccco1)C2=O)N1CCC(Oc2ccc(F)cc2F)CC1. The zero-order valence-corrected chi connectivity index (χ0v) is 18.0. The maximum atomic E-state index is 13.8. The van der Waals surface area contributed by atoms with Crippen molar-refractivity contribution < 1.29 is 32.3 Å². The first-order chi connectivity index (χ1) is 16.4. The van der Waals surface area contributed by atoms with Crippen LogP contribution >= 0.6 is 0 Å². The van der Waals surface area contributed by atoms with Crippen LogP contribution in [-0.2, 0) is 6.54 Å². The Morgan fingerprint density at radius 3 is 2.47 bits per heavy atom. The molecule has 34 heavy (non-hydrogen) atoms. The topological polar surface area (TPSA) is 80.1 Å². The van der Waals surface area contributed by atoms with Gasteiger partial charge in [0, 0.05) is 37.6 Å². The average molecular weight is 466 g/mol. The summed E-state index contributed by atoms with van der Waals surface area (Å²) < 4.78 is 37.8. The maximum Gasteiger partial charge on any atom is 0.261 e. The Labute approximate surface area is 193 Å². The van der Waals surface area contributed by atoms with Crippen LogP contribution in [0.3, 0.4) is 0 Å². The number of rotatable bonds is 5. The molecule has 1 saturated heterocycles. The van der Waals surface area contributed by atoms with Crippen LogP contribution in [-0.4, -0.2) is 46.7 Å².